The van der Waals surface area contributed by atoms with Crippen LogP contribution in [0.2, 0.25) is 5.02 Å². The quantitative estimate of drug-likeness (QED) is 0.914. The molecule has 2 atom stereocenters. The van der Waals surface area contributed by atoms with Crippen molar-refractivity contribution in [2.24, 2.45) is 0 Å². The molecule has 1 heterocycles. The van der Waals surface area contributed by atoms with Crippen molar-refractivity contribution in [1.29, 1.82) is 0 Å². The molecule has 0 saturated heterocycles. The Bertz CT molecular complexity index is 646. The lowest BCUT2D eigenvalue weighted by atomic mass is 10.2. The lowest BCUT2D eigenvalue weighted by Gasteiger charge is -2.19. The maximum Gasteiger partial charge on any atom is 0.261 e. The molecular formula is C17H19ClN2O2. The van der Waals surface area contributed by atoms with Crippen molar-refractivity contribution in [3.8, 4) is 5.75 Å². The number of benzene rings is 1. The monoisotopic (exact) mass is 318 g/mol. The number of nitrogens with one attached hydrogen (secondary N) is 1. The molecular weight excluding hydrogens is 300 g/mol. The average molecular weight is 319 g/mol. The van der Waals surface area contributed by atoms with Crippen molar-refractivity contribution in [2.45, 2.75) is 32.9 Å². The Balaban J connectivity index is 1.97. The van der Waals surface area contributed by atoms with Gasteiger partial charge < -0.3 is 10.1 Å². The third-order valence-corrected chi connectivity index (χ3v) is 3.54. The van der Waals surface area contributed by atoms with Crippen LogP contribution in [-0.4, -0.2) is 17.0 Å². The molecule has 1 aromatic heterocycles. The number of aryl methyl sites for hydroxylation is 1. The molecule has 0 spiro atoms. The Morgan fingerprint density at radius 1 is 1.27 bits per heavy atom. The summed E-state index contributed by atoms with van der Waals surface area (Å²) in [6, 6.07) is 10.7. The molecule has 22 heavy (non-hydrogen) atoms. The van der Waals surface area contributed by atoms with Gasteiger partial charge in [-0.2, -0.15) is 0 Å². The number of halogens is 1. The number of hydrogen-bond donors (Lipinski definition) is 1. The molecule has 4 nitrogen and oxygen atoms in total. The molecule has 0 fully saturated rings. The van der Waals surface area contributed by atoms with Gasteiger partial charge in [-0.25, -0.2) is 0 Å². The Morgan fingerprint density at radius 3 is 2.68 bits per heavy atom. The predicted octanol–water partition coefficient (Wildman–Crippen LogP) is 3.69. The summed E-state index contributed by atoms with van der Waals surface area (Å²) < 4.78 is 5.71. The zero-order chi connectivity index (χ0) is 16.1. The highest BCUT2D eigenvalue weighted by atomic mass is 35.5. The summed E-state index contributed by atoms with van der Waals surface area (Å²) in [5.41, 5.74) is 1.70. The Morgan fingerprint density at radius 2 is 2.05 bits per heavy atom. The largest absolute Gasteiger partial charge is 0.481 e. The van der Waals surface area contributed by atoms with Crippen LogP contribution >= 0.6 is 11.6 Å². The van der Waals surface area contributed by atoms with Crippen LogP contribution in [0.25, 0.3) is 0 Å². The van der Waals surface area contributed by atoms with Crippen LogP contribution in [0.3, 0.4) is 0 Å². The van der Waals surface area contributed by atoms with Crippen molar-refractivity contribution in [3.05, 3.63) is 58.9 Å². The molecule has 0 radical (unpaired) electrons. The minimum absolute atomic E-state index is 0.175. The van der Waals surface area contributed by atoms with Crippen LogP contribution < -0.4 is 10.1 Å². The van der Waals surface area contributed by atoms with Gasteiger partial charge in [0.2, 0.25) is 0 Å². The summed E-state index contributed by atoms with van der Waals surface area (Å²) in [6.45, 7) is 5.50. The molecule has 0 aliphatic carbocycles. The summed E-state index contributed by atoms with van der Waals surface area (Å²) in [6.07, 6.45) is 1.10. The van der Waals surface area contributed by atoms with Crippen molar-refractivity contribution < 1.29 is 9.53 Å². The van der Waals surface area contributed by atoms with Gasteiger partial charge >= 0.3 is 0 Å². The number of pyridine rings is 1. The van der Waals surface area contributed by atoms with Gasteiger partial charge in [0.05, 0.1) is 11.7 Å². The fourth-order valence-electron chi connectivity index (χ4n) is 2.03. The first-order chi connectivity index (χ1) is 10.5. The smallest absolute Gasteiger partial charge is 0.261 e. The molecule has 1 N–H and O–H groups in total. The van der Waals surface area contributed by atoms with E-state index in [1.807, 2.05) is 32.0 Å². The van der Waals surface area contributed by atoms with Crippen LogP contribution in [-0.2, 0) is 4.79 Å². The van der Waals surface area contributed by atoms with Crippen molar-refractivity contribution in [3.63, 3.8) is 0 Å². The second-order valence-electron chi connectivity index (χ2n) is 5.15. The van der Waals surface area contributed by atoms with E-state index >= 15 is 0 Å². The number of rotatable bonds is 5. The van der Waals surface area contributed by atoms with Crippen molar-refractivity contribution >= 4 is 17.5 Å². The molecule has 0 saturated carbocycles. The van der Waals surface area contributed by atoms with Gasteiger partial charge in [-0.05, 0) is 56.7 Å². The van der Waals surface area contributed by atoms with Crippen LogP contribution in [0.5, 0.6) is 5.75 Å². The fourth-order valence-corrected chi connectivity index (χ4v) is 2.25. The van der Waals surface area contributed by atoms with Crippen LogP contribution in [0.15, 0.2) is 42.6 Å². The first-order valence-electron chi connectivity index (χ1n) is 7.11. The Hall–Kier alpha value is -2.07. The maximum atomic E-state index is 12.2. The lowest BCUT2D eigenvalue weighted by Crippen LogP contribution is -2.38. The number of hydrogen-bond acceptors (Lipinski definition) is 3. The van der Waals surface area contributed by atoms with E-state index in [-0.39, 0.29) is 11.9 Å². The fraction of sp³-hybridized carbons (Fsp3) is 0.294. The molecule has 5 heteroatoms. The van der Waals surface area contributed by atoms with E-state index in [0.29, 0.717) is 10.8 Å². The number of carbonyl (C=O) groups excluding carboxylic acids is 1. The highest BCUT2D eigenvalue weighted by Gasteiger charge is 2.18. The predicted molar refractivity (Wildman–Crippen MR) is 87.1 cm³/mol. The number of aromatic nitrogens is 1. The molecule has 0 bridgehead atoms. The third-order valence-electron chi connectivity index (χ3n) is 3.30. The molecule has 1 amide bonds. The van der Waals surface area contributed by atoms with E-state index in [2.05, 4.69) is 10.3 Å². The minimum atomic E-state index is -0.606. The molecule has 116 valence electrons. The van der Waals surface area contributed by atoms with Crippen molar-refractivity contribution in [1.82, 2.24) is 10.3 Å². The zero-order valence-corrected chi connectivity index (χ0v) is 13.6. The summed E-state index contributed by atoms with van der Waals surface area (Å²) in [4.78, 5) is 16.4. The topological polar surface area (TPSA) is 51.2 Å². The van der Waals surface area contributed by atoms with E-state index in [0.717, 1.165) is 11.3 Å². The van der Waals surface area contributed by atoms with Gasteiger partial charge in [-0.3, -0.25) is 9.78 Å². The SMILES string of the molecule is Cc1cc(Cl)ccc1OC(C)C(=O)NC(C)c1ccccn1. The summed E-state index contributed by atoms with van der Waals surface area (Å²) in [5, 5.41) is 3.54. The molecule has 2 rings (SSSR count). The van der Waals surface area contributed by atoms with Gasteiger partial charge in [0.25, 0.3) is 5.91 Å². The lowest BCUT2D eigenvalue weighted by molar-refractivity contribution is -0.128. The van der Waals surface area contributed by atoms with Gasteiger partial charge in [0.15, 0.2) is 6.10 Å². The number of amides is 1. The second kappa shape index (κ2) is 7.27. The van der Waals surface area contributed by atoms with Crippen LogP contribution in [0.1, 0.15) is 31.1 Å². The van der Waals surface area contributed by atoms with Crippen molar-refractivity contribution in [2.75, 3.05) is 0 Å². The normalized spacial score (nSPS) is 13.3. The molecule has 2 unspecified atom stereocenters. The van der Waals surface area contributed by atoms with E-state index < -0.39 is 6.10 Å². The third kappa shape index (κ3) is 4.21. The first-order valence-corrected chi connectivity index (χ1v) is 7.49. The molecule has 0 aliphatic rings. The van der Waals surface area contributed by atoms with Crippen LogP contribution in [0, 0.1) is 6.92 Å². The Labute approximate surface area is 135 Å². The molecule has 0 aliphatic heterocycles. The maximum absolute atomic E-state index is 12.2. The highest BCUT2D eigenvalue weighted by Crippen LogP contribution is 2.23. The first kappa shape index (κ1) is 16.3. The minimum Gasteiger partial charge on any atom is -0.481 e. The van der Waals surface area contributed by atoms with E-state index in [1.165, 1.54) is 0 Å². The summed E-state index contributed by atoms with van der Waals surface area (Å²) >= 11 is 5.91. The van der Waals surface area contributed by atoms with Gasteiger partial charge in [0.1, 0.15) is 5.75 Å². The standard InChI is InChI=1S/C17H19ClN2O2/c1-11-10-14(18)7-8-16(11)22-13(3)17(21)20-12(2)15-6-4-5-9-19-15/h4-10,12-13H,1-3H3,(H,20,21). The number of nitrogens with zero attached hydrogens (tertiary/aromatic N) is 1. The van der Waals surface area contributed by atoms with E-state index in [4.69, 9.17) is 16.3 Å². The van der Waals surface area contributed by atoms with E-state index in [1.54, 1.807) is 31.3 Å². The number of ether oxygens (including phenoxy) is 1. The average Bonchev–Trinajstić information content (AvgIpc) is 2.50. The molecule has 1 aromatic carbocycles. The summed E-state index contributed by atoms with van der Waals surface area (Å²) in [5.74, 6) is 0.463. The summed E-state index contributed by atoms with van der Waals surface area (Å²) in [7, 11) is 0. The van der Waals surface area contributed by atoms with Gasteiger partial charge in [-0.1, -0.05) is 17.7 Å². The Kier molecular flexibility index (Phi) is 5.39. The second-order valence-corrected chi connectivity index (χ2v) is 5.59. The van der Waals surface area contributed by atoms with Crippen LogP contribution in [0.4, 0.5) is 0 Å². The molecule has 2 aromatic rings. The van der Waals surface area contributed by atoms with E-state index in [9.17, 15) is 4.79 Å². The number of carbonyl (C=O) groups is 1. The van der Waals surface area contributed by atoms with Gasteiger partial charge in [0, 0.05) is 11.2 Å². The highest BCUT2D eigenvalue weighted by molar-refractivity contribution is 6.30. The van der Waals surface area contributed by atoms with Gasteiger partial charge in [-0.15, -0.1) is 0 Å². The zero-order valence-electron chi connectivity index (χ0n) is 12.8.